The quantitative estimate of drug-likeness (QED) is 0.504. The van der Waals surface area contributed by atoms with E-state index in [2.05, 4.69) is 46.7 Å². The molecular formula is C23H32N4O2. The monoisotopic (exact) mass is 396 g/mol. The van der Waals surface area contributed by atoms with Crippen LogP contribution < -0.4 is 15.4 Å². The first-order chi connectivity index (χ1) is 14.3. The van der Waals surface area contributed by atoms with E-state index in [1.807, 2.05) is 30.3 Å². The third-order valence-electron chi connectivity index (χ3n) is 4.73. The van der Waals surface area contributed by atoms with Gasteiger partial charge >= 0.3 is 0 Å². The van der Waals surface area contributed by atoms with Crippen LogP contribution in [-0.2, 0) is 17.9 Å². The van der Waals surface area contributed by atoms with E-state index in [1.54, 1.807) is 0 Å². The number of morpholine rings is 1. The van der Waals surface area contributed by atoms with E-state index in [1.165, 1.54) is 0 Å². The van der Waals surface area contributed by atoms with E-state index in [4.69, 9.17) is 14.5 Å². The summed E-state index contributed by atoms with van der Waals surface area (Å²) in [5.74, 6) is 1.71. The predicted molar refractivity (Wildman–Crippen MR) is 117 cm³/mol. The summed E-state index contributed by atoms with van der Waals surface area (Å²) in [6, 6.07) is 18.3. The summed E-state index contributed by atoms with van der Waals surface area (Å²) in [5.41, 5.74) is 2.29. The zero-order valence-corrected chi connectivity index (χ0v) is 17.3. The summed E-state index contributed by atoms with van der Waals surface area (Å²) >= 11 is 0. The lowest BCUT2D eigenvalue weighted by molar-refractivity contribution is 0.0389. The molecule has 2 aromatic carbocycles. The van der Waals surface area contributed by atoms with Gasteiger partial charge in [0.05, 0.1) is 19.8 Å². The van der Waals surface area contributed by atoms with Crippen molar-refractivity contribution < 1.29 is 9.47 Å². The lowest BCUT2D eigenvalue weighted by Crippen LogP contribution is -2.44. The molecule has 0 amide bonds. The highest BCUT2D eigenvalue weighted by molar-refractivity contribution is 5.79. The first-order valence-electron chi connectivity index (χ1n) is 10.4. The predicted octanol–water partition coefficient (Wildman–Crippen LogP) is 2.65. The van der Waals surface area contributed by atoms with Crippen LogP contribution in [-0.4, -0.2) is 56.8 Å². The van der Waals surface area contributed by atoms with Crippen LogP contribution in [0.15, 0.2) is 59.6 Å². The Balaban J connectivity index is 1.48. The second-order valence-corrected chi connectivity index (χ2v) is 7.00. The van der Waals surface area contributed by atoms with Gasteiger partial charge in [-0.1, -0.05) is 42.5 Å². The lowest BCUT2D eigenvalue weighted by Gasteiger charge is -2.26. The molecule has 1 fully saturated rings. The number of nitrogens with one attached hydrogen (secondary N) is 2. The smallest absolute Gasteiger partial charge is 0.191 e. The van der Waals surface area contributed by atoms with E-state index < -0.39 is 0 Å². The maximum absolute atomic E-state index is 5.92. The third kappa shape index (κ3) is 7.75. The van der Waals surface area contributed by atoms with Crippen LogP contribution in [0.5, 0.6) is 5.75 Å². The Morgan fingerprint density at radius 1 is 1.03 bits per heavy atom. The molecule has 0 aromatic heterocycles. The van der Waals surface area contributed by atoms with Crippen molar-refractivity contribution in [3.63, 3.8) is 0 Å². The van der Waals surface area contributed by atoms with E-state index in [0.717, 1.165) is 68.8 Å². The summed E-state index contributed by atoms with van der Waals surface area (Å²) in [5, 5.41) is 6.74. The molecule has 0 bridgehead atoms. The molecule has 2 N–H and O–H groups in total. The Labute approximate surface area is 173 Å². The summed E-state index contributed by atoms with van der Waals surface area (Å²) in [6.07, 6.45) is 0. The van der Waals surface area contributed by atoms with Crippen molar-refractivity contribution in [1.82, 2.24) is 15.5 Å². The topological polar surface area (TPSA) is 58.1 Å². The van der Waals surface area contributed by atoms with Crippen LogP contribution in [0.3, 0.4) is 0 Å². The second kappa shape index (κ2) is 12.1. The Bertz CT molecular complexity index is 746. The molecule has 0 radical (unpaired) electrons. The van der Waals surface area contributed by atoms with Crippen molar-refractivity contribution in [1.29, 1.82) is 0 Å². The van der Waals surface area contributed by atoms with Gasteiger partial charge in [0.2, 0.25) is 0 Å². The van der Waals surface area contributed by atoms with Gasteiger partial charge in [-0.25, -0.2) is 4.99 Å². The SMILES string of the molecule is CCNC(=NCc1cccc(OCc2ccccc2)c1)NCCN1CCOCC1. The maximum atomic E-state index is 5.92. The number of nitrogens with zero attached hydrogens (tertiary/aromatic N) is 2. The molecule has 29 heavy (non-hydrogen) atoms. The normalized spacial score (nSPS) is 15.1. The number of hydrogen-bond acceptors (Lipinski definition) is 4. The Morgan fingerprint density at radius 2 is 1.83 bits per heavy atom. The molecule has 1 heterocycles. The standard InChI is InChI=1S/C23H32N4O2/c1-2-24-23(25-11-12-27-13-15-28-16-14-27)26-18-21-9-6-10-22(17-21)29-19-20-7-4-3-5-8-20/h3-10,17H,2,11-16,18-19H2,1H3,(H2,24,25,26). The van der Waals surface area contributed by atoms with E-state index >= 15 is 0 Å². The average molecular weight is 397 g/mol. The summed E-state index contributed by atoms with van der Waals surface area (Å²) in [4.78, 5) is 7.13. The highest BCUT2D eigenvalue weighted by atomic mass is 16.5. The van der Waals surface area contributed by atoms with Crippen molar-refractivity contribution in [3.05, 3.63) is 65.7 Å². The molecule has 1 saturated heterocycles. The van der Waals surface area contributed by atoms with E-state index in [9.17, 15) is 0 Å². The van der Waals surface area contributed by atoms with Crippen LogP contribution in [0.4, 0.5) is 0 Å². The zero-order chi connectivity index (χ0) is 20.2. The number of rotatable bonds is 9. The fourth-order valence-corrected chi connectivity index (χ4v) is 3.14. The van der Waals surface area contributed by atoms with Gasteiger partial charge in [-0.3, -0.25) is 4.90 Å². The van der Waals surface area contributed by atoms with Crippen molar-refractivity contribution in [2.75, 3.05) is 45.9 Å². The van der Waals surface area contributed by atoms with Gasteiger partial charge in [0.25, 0.3) is 0 Å². The number of ether oxygens (including phenoxy) is 2. The number of aliphatic imine (C=N–C) groups is 1. The first kappa shape index (κ1) is 21.1. The molecular weight excluding hydrogens is 364 g/mol. The molecule has 0 spiro atoms. The van der Waals surface area contributed by atoms with Gasteiger partial charge in [0.1, 0.15) is 12.4 Å². The second-order valence-electron chi connectivity index (χ2n) is 7.00. The summed E-state index contributed by atoms with van der Waals surface area (Å²) in [6.45, 7) is 9.63. The Hall–Kier alpha value is -2.57. The fourth-order valence-electron chi connectivity index (χ4n) is 3.14. The van der Waals surface area contributed by atoms with Crippen molar-refractivity contribution in [3.8, 4) is 5.75 Å². The molecule has 0 unspecified atom stereocenters. The molecule has 3 rings (SSSR count). The van der Waals surface area contributed by atoms with Crippen LogP contribution in [0.25, 0.3) is 0 Å². The van der Waals surface area contributed by atoms with Crippen LogP contribution in [0.1, 0.15) is 18.1 Å². The van der Waals surface area contributed by atoms with Crippen molar-refractivity contribution in [2.24, 2.45) is 4.99 Å². The van der Waals surface area contributed by atoms with Gasteiger partial charge in [0.15, 0.2) is 5.96 Å². The molecule has 0 aliphatic carbocycles. The summed E-state index contributed by atoms with van der Waals surface area (Å²) < 4.78 is 11.3. The van der Waals surface area contributed by atoms with Gasteiger partial charge in [-0.15, -0.1) is 0 Å². The molecule has 6 nitrogen and oxygen atoms in total. The largest absolute Gasteiger partial charge is 0.489 e. The highest BCUT2D eigenvalue weighted by Crippen LogP contribution is 2.16. The van der Waals surface area contributed by atoms with Crippen LogP contribution >= 0.6 is 0 Å². The third-order valence-corrected chi connectivity index (χ3v) is 4.73. The molecule has 6 heteroatoms. The molecule has 0 atom stereocenters. The van der Waals surface area contributed by atoms with E-state index in [-0.39, 0.29) is 0 Å². The zero-order valence-electron chi connectivity index (χ0n) is 17.3. The average Bonchev–Trinajstić information content (AvgIpc) is 2.78. The van der Waals surface area contributed by atoms with E-state index in [0.29, 0.717) is 13.2 Å². The number of hydrogen-bond donors (Lipinski definition) is 2. The number of guanidine groups is 1. The Kier molecular flexibility index (Phi) is 8.82. The minimum absolute atomic E-state index is 0.569. The van der Waals surface area contributed by atoms with Crippen LogP contribution in [0, 0.1) is 0 Å². The lowest BCUT2D eigenvalue weighted by atomic mass is 10.2. The van der Waals surface area contributed by atoms with Gasteiger partial charge < -0.3 is 20.1 Å². The van der Waals surface area contributed by atoms with Gasteiger partial charge in [-0.2, -0.15) is 0 Å². The van der Waals surface area contributed by atoms with Crippen LogP contribution in [0.2, 0.25) is 0 Å². The highest BCUT2D eigenvalue weighted by Gasteiger charge is 2.09. The number of benzene rings is 2. The molecule has 1 aliphatic rings. The van der Waals surface area contributed by atoms with Crippen molar-refractivity contribution >= 4 is 5.96 Å². The molecule has 1 aliphatic heterocycles. The molecule has 0 saturated carbocycles. The molecule has 156 valence electrons. The minimum atomic E-state index is 0.569. The summed E-state index contributed by atoms with van der Waals surface area (Å²) in [7, 11) is 0. The Morgan fingerprint density at radius 3 is 2.62 bits per heavy atom. The first-order valence-corrected chi connectivity index (χ1v) is 10.4. The fraction of sp³-hybridized carbons (Fsp3) is 0.435. The van der Waals surface area contributed by atoms with Gasteiger partial charge in [0, 0.05) is 32.7 Å². The van der Waals surface area contributed by atoms with Gasteiger partial charge in [-0.05, 0) is 30.2 Å². The molecule has 2 aromatic rings. The van der Waals surface area contributed by atoms with Crippen molar-refractivity contribution in [2.45, 2.75) is 20.1 Å². The maximum Gasteiger partial charge on any atom is 0.191 e. The minimum Gasteiger partial charge on any atom is -0.489 e.